The number of aryl methyl sites for hydroxylation is 2. The van der Waals surface area contributed by atoms with Crippen LogP contribution in [0.2, 0.25) is 0 Å². The van der Waals surface area contributed by atoms with Crippen LogP contribution in [0.5, 0.6) is 0 Å². The normalized spacial score (nSPS) is 10.8. The number of carbonyl (C=O) groups is 2. The van der Waals surface area contributed by atoms with E-state index in [9.17, 15) is 19.2 Å². The van der Waals surface area contributed by atoms with Crippen LogP contribution in [0.15, 0.2) is 119 Å². The van der Waals surface area contributed by atoms with Crippen molar-refractivity contribution in [1.82, 2.24) is 10.6 Å². The molecule has 0 spiro atoms. The molecule has 5 aromatic carbocycles. The first-order valence-corrected chi connectivity index (χ1v) is 14.4. The van der Waals surface area contributed by atoms with Crippen LogP contribution in [0.1, 0.15) is 22.3 Å². The maximum Gasteiger partial charge on any atom is 0.253 e. The van der Waals surface area contributed by atoms with Crippen molar-refractivity contribution in [2.75, 3.05) is 22.9 Å². The Balaban J connectivity index is 1.48. The molecule has 0 aromatic heterocycles. The van der Waals surface area contributed by atoms with Gasteiger partial charge in [0.25, 0.3) is 10.9 Å². The Morgan fingerprint density at radius 3 is 1.20 bits per heavy atom. The van der Waals surface area contributed by atoms with E-state index in [2.05, 4.69) is 10.6 Å². The monoisotopic (exact) mass is 586 g/mol. The Morgan fingerprint density at radius 2 is 0.864 bits per heavy atom. The highest BCUT2D eigenvalue weighted by atomic mass is 16.2. The number of hydrogen-bond acceptors (Lipinski definition) is 6. The van der Waals surface area contributed by atoms with E-state index >= 15 is 0 Å². The predicted octanol–water partition coefficient (Wildman–Crippen LogP) is 4.81. The molecule has 2 N–H and O–H groups in total. The molecule has 0 aliphatic heterocycles. The molecule has 0 aliphatic rings. The second-order valence-corrected chi connectivity index (χ2v) is 10.7. The van der Waals surface area contributed by atoms with Crippen LogP contribution < -0.4 is 31.3 Å². The zero-order valence-corrected chi connectivity index (χ0v) is 24.7. The van der Waals surface area contributed by atoms with Gasteiger partial charge in [0.2, 0.25) is 11.8 Å². The van der Waals surface area contributed by atoms with Gasteiger partial charge in [-0.3, -0.25) is 19.2 Å². The first-order chi connectivity index (χ1) is 21.3. The summed E-state index contributed by atoms with van der Waals surface area (Å²) in [7, 11) is 0. The van der Waals surface area contributed by atoms with Crippen LogP contribution in [-0.4, -0.2) is 24.9 Å². The Morgan fingerprint density at radius 1 is 0.523 bits per heavy atom. The van der Waals surface area contributed by atoms with E-state index in [0.717, 1.165) is 22.3 Å². The second-order valence-electron chi connectivity index (χ2n) is 10.7. The molecule has 0 unspecified atom stereocenters. The molecule has 0 radical (unpaired) electrons. The van der Waals surface area contributed by atoms with Crippen LogP contribution >= 0.6 is 0 Å². The summed E-state index contributed by atoms with van der Waals surface area (Å²) in [6.45, 7) is 4.12. The summed E-state index contributed by atoms with van der Waals surface area (Å²) in [5.74, 6) is -0.646. The van der Waals surface area contributed by atoms with Gasteiger partial charge >= 0.3 is 0 Å². The maximum absolute atomic E-state index is 13.3. The van der Waals surface area contributed by atoms with E-state index in [4.69, 9.17) is 0 Å². The number of amides is 2. The number of nitrogens with one attached hydrogen (secondary N) is 2. The zero-order chi connectivity index (χ0) is 31.1. The number of rotatable bonds is 12. The molecule has 5 rings (SSSR count). The fourth-order valence-corrected chi connectivity index (χ4v) is 4.91. The smallest absolute Gasteiger partial charge is 0.253 e. The molecule has 5 aromatic rings. The van der Waals surface area contributed by atoms with E-state index in [1.807, 2.05) is 123 Å². The number of benzene rings is 4. The molecule has 0 heterocycles. The van der Waals surface area contributed by atoms with E-state index in [1.54, 1.807) is 9.80 Å². The van der Waals surface area contributed by atoms with E-state index in [1.165, 1.54) is 0 Å². The van der Waals surface area contributed by atoms with Gasteiger partial charge in [-0.1, -0.05) is 96.1 Å². The van der Waals surface area contributed by atoms with Crippen molar-refractivity contribution in [1.29, 1.82) is 0 Å². The summed E-state index contributed by atoms with van der Waals surface area (Å²) in [6, 6.07) is 33.8. The molecular formula is C36H34N4O4. The Labute approximate surface area is 256 Å². The molecule has 0 bridgehead atoms. The average Bonchev–Trinajstić information content (AvgIpc) is 3.05. The van der Waals surface area contributed by atoms with Crippen LogP contribution in [0, 0.1) is 13.8 Å². The van der Waals surface area contributed by atoms with Crippen molar-refractivity contribution in [3.8, 4) is 0 Å². The number of hydrogen-bond donors (Lipinski definition) is 2. The van der Waals surface area contributed by atoms with Gasteiger partial charge in [0.1, 0.15) is 24.5 Å². The summed E-state index contributed by atoms with van der Waals surface area (Å²) < 4.78 is 0. The first kappa shape index (κ1) is 30.0. The van der Waals surface area contributed by atoms with Crippen LogP contribution in [-0.2, 0) is 22.7 Å². The predicted molar refractivity (Wildman–Crippen MR) is 174 cm³/mol. The van der Waals surface area contributed by atoms with E-state index in [0.29, 0.717) is 24.5 Å². The molecular weight excluding hydrogens is 552 g/mol. The lowest BCUT2D eigenvalue weighted by Gasteiger charge is -2.32. The Hall–Kier alpha value is -5.50. The van der Waals surface area contributed by atoms with Gasteiger partial charge in [-0.05, 0) is 49.2 Å². The van der Waals surface area contributed by atoms with Crippen LogP contribution in [0.25, 0.3) is 0 Å². The third kappa shape index (κ3) is 7.10. The highest BCUT2D eigenvalue weighted by Gasteiger charge is 2.33. The molecule has 0 saturated heterocycles. The minimum absolute atomic E-state index is 0.0742. The van der Waals surface area contributed by atoms with Crippen LogP contribution in [0.4, 0.5) is 22.7 Å². The molecule has 222 valence electrons. The number of anilines is 4. The van der Waals surface area contributed by atoms with E-state index < -0.39 is 10.9 Å². The number of nitrogens with zero attached hydrogens (tertiary/aromatic N) is 2. The molecule has 8 nitrogen and oxygen atoms in total. The van der Waals surface area contributed by atoms with Crippen molar-refractivity contribution in [2.45, 2.75) is 26.9 Å². The van der Waals surface area contributed by atoms with Gasteiger partial charge < -0.3 is 20.4 Å². The largest absolute Gasteiger partial charge is 0.350 e. The van der Waals surface area contributed by atoms with Gasteiger partial charge in [-0.2, -0.15) is 0 Å². The van der Waals surface area contributed by atoms with E-state index in [-0.39, 0.29) is 36.3 Å². The summed E-state index contributed by atoms with van der Waals surface area (Å²) >= 11 is 0. The molecule has 44 heavy (non-hydrogen) atoms. The lowest BCUT2D eigenvalue weighted by molar-refractivity contribution is -0.120. The van der Waals surface area contributed by atoms with Crippen molar-refractivity contribution < 1.29 is 9.59 Å². The summed E-state index contributed by atoms with van der Waals surface area (Å²) in [6.07, 6.45) is 0. The standard InChI is InChI=1S/C36H34N4O4/c1-25-13-17-29(18-14-25)39(23-31(41)37-21-27-9-5-3-6-10-27)33-34(36(44)35(33)43)40(30-19-15-26(2)16-20-30)24-32(42)38-22-28-11-7-4-8-12-28/h3-20H,21-24H2,1-2H3,(H,37,41)(H,38,42). The first-order valence-electron chi connectivity index (χ1n) is 14.4. The minimum atomic E-state index is -0.710. The maximum atomic E-state index is 13.3. The highest BCUT2D eigenvalue weighted by Crippen LogP contribution is 2.35. The van der Waals surface area contributed by atoms with Gasteiger partial charge in [0.05, 0.1) is 0 Å². The summed E-state index contributed by atoms with van der Waals surface area (Å²) in [5, 5.41) is 5.82. The Kier molecular flexibility index (Phi) is 9.30. The highest BCUT2D eigenvalue weighted by molar-refractivity contribution is 5.93. The van der Waals surface area contributed by atoms with Crippen molar-refractivity contribution in [3.05, 3.63) is 152 Å². The Bertz CT molecular complexity index is 1660. The molecule has 0 aliphatic carbocycles. The quantitative estimate of drug-likeness (QED) is 0.204. The molecule has 0 fully saturated rings. The van der Waals surface area contributed by atoms with Crippen molar-refractivity contribution >= 4 is 34.6 Å². The van der Waals surface area contributed by atoms with Gasteiger partial charge in [0, 0.05) is 24.5 Å². The lowest BCUT2D eigenvalue weighted by Crippen LogP contribution is -2.48. The average molecular weight is 587 g/mol. The summed E-state index contributed by atoms with van der Waals surface area (Å²) in [5.41, 5.74) is 3.76. The molecule has 0 atom stereocenters. The lowest BCUT2D eigenvalue weighted by atomic mass is 10.1. The SMILES string of the molecule is Cc1ccc(N(CC(=O)NCc2ccccc2)c2c(N(CC(=O)NCc3ccccc3)c3ccc(C)cc3)c(=O)c2=O)cc1. The molecule has 0 saturated carbocycles. The topological polar surface area (TPSA) is 98.8 Å². The number of carbonyl (C=O) groups excluding carboxylic acids is 2. The zero-order valence-electron chi connectivity index (χ0n) is 24.7. The van der Waals surface area contributed by atoms with Gasteiger partial charge in [-0.25, -0.2) is 0 Å². The van der Waals surface area contributed by atoms with Crippen molar-refractivity contribution in [3.63, 3.8) is 0 Å². The third-order valence-electron chi connectivity index (χ3n) is 7.36. The third-order valence-corrected chi connectivity index (χ3v) is 7.36. The molecule has 2 amide bonds. The van der Waals surface area contributed by atoms with Gasteiger partial charge in [-0.15, -0.1) is 0 Å². The summed E-state index contributed by atoms with van der Waals surface area (Å²) in [4.78, 5) is 56.2. The van der Waals surface area contributed by atoms with Crippen LogP contribution in [0.3, 0.4) is 0 Å². The van der Waals surface area contributed by atoms with Gasteiger partial charge in [0.15, 0.2) is 0 Å². The fourth-order valence-electron chi connectivity index (χ4n) is 4.91. The van der Waals surface area contributed by atoms with Crippen molar-refractivity contribution in [2.24, 2.45) is 0 Å². The minimum Gasteiger partial charge on any atom is -0.350 e. The molecule has 8 heteroatoms. The fraction of sp³-hybridized carbons (Fsp3) is 0.167. The second kappa shape index (κ2) is 13.6.